The van der Waals surface area contributed by atoms with Gasteiger partial charge in [0, 0.05) is 39.7 Å². The van der Waals surface area contributed by atoms with E-state index in [1.54, 1.807) is 0 Å². The van der Waals surface area contributed by atoms with Crippen LogP contribution in [0.4, 0.5) is 0 Å². The Kier molecular flexibility index (Phi) is 6.49. The molecule has 0 aliphatic carbocycles. The third-order valence-electron chi connectivity index (χ3n) is 2.93. The molecule has 0 heterocycles. The molecular weight excluding hydrogens is 419 g/mol. The molecule has 12 heteroatoms. The van der Waals surface area contributed by atoms with Gasteiger partial charge in [-0.25, -0.2) is 8.42 Å². The van der Waals surface area contributed by atoms with Gasteiger partial charge in [0.15, 0.2) is 23.0 Å². The van der Waals surface area contributed by atoms with Gasteiger partial charge in [-0.1, -0.05) is 23.2 Å². The Morgan fingerprint density at radius 2 is 1.20 bits per heavy atom. The lowest BCUT2D eigenvalue weighted by molar-refractivity contribution is 0.403. The lowest BCUT2D eigenvalue weighted by Gasteiger charge is -2.15. The highest BCUT2D eigenvalue weighted by Gasteiger charge is 2.17. The minimum absolute atomic E-state index is 0.0619. The van der Waals surface area contributed by atoms with Crippen molar-refractivity contribution in [2.45, 2.75) is 6.42 Å². The van der Waals surface area contributed by atoms with Gasteiger partial charge < -0.3 is 27.7 Å². The predicted octanol–water partition coefficient (Wildman–Crippen LogP) is 2.34. The molecule has 0 saturated heterocycles. The van der Waals surface area contributed by atoms with Crippen molar-refractivity contribution in [3.8, 4) is 23.0 Å². The summed E-state index contributed by atoms with van der Waals surface area (Å²) in [7, 11) is 0. The highest BCUT2D eigenvalue weighted by atomic mass is 35.5. The van der Waals surface area contributed by atoms with E-state index in [4.69, 9.17) is 23.2 Å². The van der Waals surface area contributed by atoms with E-state index < -0.39 is 45.7 Å². The number of halogens is 2. The van der Waals surface area contributed by atoms with E-state index in [1.807, 2.05) is 0 Å². The zero-order valence-corrected chi connectivity index (χ0v) is 15.1. The van der Waals surface area contributed by atoms with Crippen LogP contribution in [0.15, 0.2) is 24.3 Å². The summed E-state index contributed by atoms with van der Waals surface area (Å²) < 4.78 is 51.4. The monoisotopic (exact) mass is 426 g/mol. The molecule has 136 valence electrons. The summed E-state index contributed by atoms with van der Waals surface area (Å²) in [6, 6.07) is 4.79. The third-order valence-corrected chi connectivity index (χ3v) is 4.00. The van der Waals surface area contributed by atoms with Gasteiger partial charge in [-0.2, -0.15) is 0 Å². The highest BCUT2D eigenvalue weighted by molar-refractivity contribution is 7.74. The number of hydrogen-bond acceptors (Lipinski definition) is 8. The highest BCUT2D eigenvalue weighted by Crippen LogP contribution is 2.39. The van der Waals surface area contributed by atoms with Crippen molar-refractivity contribution >= 4 is 45.9 Å². The first-order valence-corrected chi connectivity index (χ1v) is 9.01. The van der Waals surface area contributed by atoms with Crippen LogP contribution in [-0.2, 0) is 29.1 Å². The summed E-state index contributed by atoms with van der Waals surface area (Å²) in [4.78, 5) is 0. The van der Waals surface area contributed by atoms with Crippen molar-refractivity contribution in [2.75, 3.05) is 0 Å². The van der Waals surface area contributed by atoms with Gasteiger partial charge in [0.05, 0.1) is 0 Å². The molecule has 0 bridgehead atoms. The molecule has 2 unspecified atom stereocenters. The largest absolute Gasteiger partial charge is 0.740 e. The first-order valence-electron chi connectivity index (χ1n) is 6.25. The Morgan fingerprint density at radius 1 is 0.840 bits per heavy atom. The van der Waals surface area contributed by atoms with Crippen molar-refractivity contribution in [1.29, 1.82) is 0 Å². The molecule has 0 aromatic heterocycles. The molecule has 2 rings (SSSR count). The van der Waals surface area contributed by atoms with Gasteiger partial charge in [0.2, 0.25) is 0 Å². The molecule has 0 fully saturated rings. The smallest absolute Gasteiger partial charge is 0.182 e. The molecule has 2 N–H and O–H groups in total. The summed E-state index contributed by atoms with van der Waals surface area (Å²) in [5.41, 5.74) is 0.194. The first kappa shape index (κ1) is 19.8. The zero-order chi connectivity index (χ0) is 18.7. The molecule has 0 aliphatic heterocycles. The number of phenols is 2. The maximum atomic E-state index is 10.6. The van der Waals surface area contributed by atoms with Gasteiger partial charge in [-0.15, -0.1) is 0 Å². The van der Waals surface area contributed by atoms with Crippen LogP contribution in [0.1, 0.15) is 11.1 Å². The maximum absolute atomic E-state index is 10.6. The van der Waals surface area contributed by atoms with Gasteiger partial charge in [0.1, 0.15) is 22.7 Å². The summed E-state index contributed by atoms with van der Waals surface area (Å²) >= 11 is 5.84. The van der Waals surface area contributed by atoms with Crippen LogP contribution in [-0.4, -0.2) is 27.7 Å². The van der Waals surface area contributed by atoms with Gasteiger partial charge in [0.25, 0.3) is 0 Å². The molecule has 2 aromatic carbocycles. The molecule has 0 aliphatic rings. The van der Waals surface area contributed by atoms with E-state index in [0.717, 1.165) is 12.1 Å². The van der Waals surface area contributed by atoms with Crippen molar-refractivity contribution in [3.05, 3.63) is 45.4 Å². The quantitative estimate of drug-likeness (QED) is 0.670. The molecule has 2 atom stereocenters. The fourth-order valence-electron chi connectivity index (χ4n) is 2.00. The number of phenolic OH excluding ortho intramolecular Hbond substituents is 2. The van der Waals surface area contributed by atoms with Crippen molar-refractivity contribution in [1.82, 2.24) is 0 Å². The Labute approximate surface area is 156 Å². The van der Waals surface area contributed by atoms with Crippen LogP contribution < -0.4 is 8.37 Å². The first-order chi connectivity index (χ1) is 11.7. The molecular formula is C13H8Cl2O8S2-2. The third kappa shape index (κ3) is 5.21. The van der Waals surface area contributed by atoms with Crippen LogP contribution in [0.25, 0.3) is 0 Å². The fraction of sp³-hybridized carbons (Fsp3) is 0.0769. The number of rotatable bonds is 6. The zero-order valence-electron chi connectivity index (χ0n) is 11.9. The summed E-state index contributed by atoms with van der Waals surface area (Å²) in [6.45, 7) is 0. The van der Waals surface area contributed by atoms with Gasteiger partial charge in [-0.3, -0.25) is 0 Å². The van der Waals surface area contributed by atoms with Crippen molar-refractivity contribution < 1.29 is 36.1 Å². The van der Waals surface area contributed by atoms with Crippen LogP contribution in [0.3, 0.4) is 0 Å². The Morgan fingerprint density at radius 3 is 1.52 bits per heavy atom. The summed E-state index contributed by atoms with van der Waals surface area (Å²) in [6.07, 6.45) is -0.178. The van der Waals surface area contributed by atoms with Gasteiger partial charge >= 0.3 is 0 Å². The van der Waals surface area contributed by atoms with Crippen LogP contribution in [0.2, 0.25) is 10.0 Å². The second-order valence-electron chi connectivity index (χ2n) is 4.58. The number of benzene rings is 2. The molecule has 0 radical (unpaired) electrons. The van der Waals surface area contributed by atoms with E-state index in [2.05, 4.69) is 8.37 Å². The van der Waals surface area contributed by atoms with E-state index in [9.17, 15) is 27.7 Å². The molecule has 8 nitrogen and oxygen atoms in total. The maximum Gasteiger partial charge on any atom is 0.182 e. The second kappa shape index (κ2) is 8.21. The van der Waals surface area contributed by atoms with Crippen LogP contribution in [0, 0.1) is 0 Å². The lowest BCUT2D eigenvalue weighted by atomic mass is 10.0. The SMILES string of the molecule is O=S([O-])Oc1cc(Cl)cc(Cc2cc(Cl)cc(OS(=O)[O-])c2O)c1O. The van der Waals surface area contributed by atoms with Crippen molar-refractivity contribution in [2.24, 2.45) is 0 Å². The minimum Gasteiger partial charge on any atom is -0.740 e. The van der Waals surface area contributed by atoms with Crippen LogP contribution >= 0.6 is 23.2 Å². The average Bonchev–Trinajstić information content (AvgIpc) is 2.47. The summed E-state index contributed by atoms with van der Waals surface area (Å²) in [5.74, 6) is -1.87. The topological polar surface area (TPSA) is 139 Å². The minimum atomic E-state index is -2.94. The van der Waals surface area contributed by atoms with E-state index in [0.29, 0.717) is 0 Å². The van der Waals surface area contributed by atoms with E-state index in [-0.39, 0.29) is 27.6 Å². The van der Waals surface area contributed by atoms with Gasteiger partial charge in [-0.05, 0) is 12.1 Å². The second-order valence-corrected chi connectivity index (χ2v) is 6.60. The molecule has 2 aromatic rings. The molecule has 0 saturated carbocycles. The average molecular weight is 427 g/mol. The Hall–Kier alpha value is -1.56. The standard InChI is InChI=1S/C13H10Cl2O8S2/c14-8-2-6(12(16)10(4-8)22-24(18)19)1-7-3-9(15)5-11(13(7)17)23-25(20)21/h2-5,16-17H,1H2,(H,18,19)(H,20,21)/p-2. The number of aromatic hydroxyl groups is 2. The predicted molar refractivity (Wildman–Crippen MR) is 88.1 cm³/mol. The Balaban J connectivity index is 2.46. The number of hydrogen-bond donors (Lipinski definition) is 2. The van der Waals surface area contributed by atoms with E-state index >= 15 is 0 Å². The molecule has 25 heavy (non-hydrogen) atoms. The molecule has 0 spiro atoms. The van der Waals surface area contributed by atoms with E-state index in [1.165, 1.54) is 12.1 Å². The summed E-state index contributed by atoms with van der Waals surface area (Å²) in [5, 5.41) is 20.3. The van der Waals surface area contributed by atoms with Crippen molar-refractivity contribution in [3.63, 3.8) is 0 Å². The lowest BCUT2D eigenvalue weighted by Crippen LogP contribution is -2.01. The fourth-order valence-corrected chi connectivity index (χ4v) is 3.01. The Bertz CT molecular complexity index is 789. The normalized spacial score (nSPS) is 13.3. The van der Waals surface area contributed by atoms with Crippen LogP contribution in [0.5, 0.6) is 23.0 Å². The molecule has 0 amide bonds.